The molecule has 0 fully saturated rings. The Labute approximate surface area is 138 Å². The molecule has 128 valence electrons. The fraction of sp³-hybridized carbons (Fsp3) is 0.333. The van der Waals surface area contributed by atoms with Gasteiger partial charge in [-0.2, -0.15) is 0 Å². The molecular weight excluding hydrogens is 319 g/mol. The summed E-state index contributed by atoms with van der Waals surface area (Å²) < 4.78 is 41.0. The van der Waals surface area contributed by atoms with Crippen molar-refractivity contribution in [3.8, 4) is 5.75 Å². The van der Waals surface area contributed by atoms with Gasteiger partial charge in [0, 0.05) is 12.5 Å². The van der Waals surface area contributed by atoms with Gasteiger partial charge in [0.25, 0.3) is 0 Å². The van der Waals surface area contributed by atoms with E-state index in [4.69, 9.17) is 0 Å². The molecule has 0 radical (unpaired) electrons. The number of fused-ring (bicyclic) bond motifs is 1. The molecule has 2 N–H and O–H groups in total. The zero-order valence-corrected chi connectivity index (χ0v) is 13.0. The van der Waals surface area contributed by atoms with Crippen molar-refractivity contribution in [3.63, 3.8) is 0 Å². The number of alkyl halides is 3. The van der Waals surface area contributed by atoms with Crippen molar-refractivity contribution in [2.24, 2.45) is 0 Å². The summed E-state index contributed by atoms with van der Waals surface area (Å²) in [6.07, 6.45) is -4.70. The summed E-state index contributed by atoms with van der Waals surface area (Å²) in [4.78, 5) is 0. The minimum atomic E-state index is -4.71. The highest BCUT2D eigenvalue weighted by molar-refractivity contribution is 5.37. The Morgan fingerprint density at radius 3 is 2.67 bits per heavy atom. The van der Waals surface area contributed by atoms with Gasteiger partial charge in [0.05, 0.1) is 12.1 Å². The van der Waals surface area contributed by atoms with E-state index in [-0.39, 0.29) is 17.8 Å². The van der Waals surface area contributed by atoms with Gasteiger partial charge in [-0.05, 0) is 35.7 Å². The van der Waals surface area contributed by atoms with Crippen LogP contribution in [0.25, 0.3) is 0 Å². The number of nitrogens with one attached hydrogen (secondary N) is 1. The first-order chi connectivity index (χ1) is 11.3. The Morgan fingerprint density at radius 2 is 1.92 bits per heavy atom. The molecule has 24 heavy (non-hydrogen) atoms. The molecule has 3 rings (SSSR count). The van der Waals surface area contributed by atoms with Gasteiger partial charge in [0.2, 0.25) is 0 Å². The molecule has 1 aliphatic carbocycles. The van der Waals surface area contributed by atoms with Crippen molar-refractivity contribution >= 4 is 0 Å². The molecule has 3 unspecified atom stereocenters. The highest BCUT2D eigenvalue weighted by Gasteiger charge is 2.33. The molecule has 0 spiro atoms. The third-order valence-corrected chi connectivity index (χ3v) is 4.23. The Hall–Kier alpha value is -2.05. The van der Waals surface area contributed by atoms with Crippen molar-refractivity contribution in [1.29, 1.82) is 0 Å². The second kappa shape index (κ2) is 6.45. The molecule has 0 heterocycles. The largest absolute Gasteiger partial charge is 0.573 e. The predicted octanol–water partition coefficient (Wildman–Crippen LogP) is 3.89. The van der Waals surface area contributed by atoms with Crippen molar-refractivity contribution in [1.82, 2.24) is 5.32 Å². The van der Waals surface area contributed by atoms with Gasteiger partial charge in [-0.15, -0.1) is 13.2 Å². The first-order valence-electron chi connectivity index (χ1n) is 7.71. The van der Waals surface area contributed by atoms with Crippen LogP contribution in [0.4, 0.5) is 13.2 Å². The minimum absolute atomic E-state index is 0.243. The van der Waals surface area contributed by atoms with Crippen LogP contribution in [0.15, 0.2) is 48.5 Å². The molecule has 0 aliphatic heterocycles. The molecule has 6 heteroatoms. The summed E-state index contributed by atoms with van der Waals surface area (Å²) in [6.45, 7) is 1.85. The van der Waals surface area contributed by atoms with Gasteiger partial charge in [-0.25, -0.2) is 0 Å². The van der Waals surface area contributed by atoms with E-state index in [0.717, 1.165) is 11.1 Å². The maximum atomic E-state index is 12.3. The highest BCUT2D eigenvalue weighted by atomic mass is 19.4. The molecule has 0 bridgehead atoms. The minimum Gasteiger partial charge on any atom is -0.406 e. The third kappa shape index (κ3) is 3.71. The summed E-state index contributed by atoms with van der Waals surface area (Å²) in [5.41, 5.74) is 2.77. The Bertz CT molecular complexity index is 717. The fourth-order valence-electron chi connectivity index (χ4n) is 3.12. The van der Waals surface area contributed by atoms with Crippen LogP contribution in [-0.4, -0.2) is 17.6 Å². The number of rotatable bonds is 4. The molecule has 3 nitrogen and oxygen atoms in total. The second-order valence-corrected chi connectivity index (χ2v) is 5.96. The van der Waals surface area contributed by atoms with E-state index in [1.165, 1.54) is 18.2 Å². The van der Waals surface area contributed by atoms with Crippen molar-refractivity contribution < 1.29 is 23.0 Å². The van der Waals surface area contributed by atoms with Gasteiger partial charge in [0.15, 0.2) is 0 Å². The molecule has 2 aromatic rings. The van der Waals surface area contributed by atoms with Crippen LogP contribution >= 0.6 is 0 Å². The van der Waals surface area contributed by atoms with Gasteiger partial charge in [-0.3, -0.25) is 0 Å². The first kappa shape index (κ1) is 16.8. The number of hydrogen-bond acceptors (Lipinski definition) is 3. The van der Waals surface area contributed by atoms with Gasteiger partial charge in [-0.1, -0.05) is 36.4 Å². The summed E-state index contributed by atoms with van der Waals surface area (Å²) in [7, 11) is 0. The third-order valence-electron chi connectivity index (χ3n) is 4.23. The lowest BCUT2D eigenvalue weighted by molar-refractivity contribution is -0.274. The lowest BCUT2D eigenvalue weighted by atomic mass is 10.0. The molecular formula is C18H18F3NO2. The summed E-state index contributed by atoms with van der Waals surface area (Å²) in [6, 6.07) is 13.2. The topological polar surface area (TPSA) is 41.5 Å². The quantitative estimate of drug-likeness (QED) is 0.889. The number of benzene rings is 2. The predicted molar refractivity (Wildman–Crippen MR) is 83.6 cm³/mol. The van der Waals surface area contributed by atoms with Gasteiger partial charge >= 0.3 is 6.36 Å². The SMILES string of the molecule is CC(NC1c2ccccc2CC1O)c1cccc(OC(F)(F)F)c1. The highest BCUT2D eigenvalue weighted by Crippen LogP contribution is 2.34. The average Bonchev–Trinajstić information content (AvgIpc) is 2.82. The zero-order valence-electron chi connectivity index (χ0n) is 13.0. The Morgan fingerprint density at radius 1 is 1.17 bits per heavy atom. The monoisotopic (exact) mass is 337 g/mol. The lowest BCUT2D eigenvalue weighted by Crippen LogP contribution is -2.31. The van der Waals surface area contributed by atoms with Crippen LogP contribution in [0.2, 0.25) is 0 Å². The van der Waals surface area contributed by atoms with Crippen LogP contribution in [0.3, 0.4) is 0 Å². The molecule has 3 atom stereocenters. The second-order valence-electron chi connectivity index (χ2n) is 5.96. The van der Waals surface area contributed by atoms with Crippen LogP contribution < -0.4 is 10.1 Å². The maximum absolute atomic E-state index is 12.3. The summed E-state index contributed by atoms with van der Waals surface area (Å²) in [5.74, 6) is -0.249. The number of aliphatic hydroxyl groups excluding tert-OH is 1. The van der Waals surface area contributed by atoms with Gasteiger partial charge < -0.3 is 15.2 Å². The smallest absolute Gasteiger partial charge is 0.406 e. The van der Waals surface area contributed by atoms with Crippen molar-refractivity contribution in [3.05, 3.63) is 65.2 Å². The number of ether oxygens (including phenoxy) is 1. The van der Waals surface area contributed by atoms with E-state index in [0.29, 0.717) is 12.0 Å². The van der Waals surface area contributed by atoms with E-state index in [1.807, 2.05) is 31.2 Å². The van der Waals surface area contributed by atoms with Crippen LogP contribution in [0, 0.1) is 0 Å². The van der Waals surface area contributed by atoms with E-state index in [1.54, 1.807) is 6.07 Å². The van der Waals surface area contributed by atoms with E-state index < -0.39 is 12.5 Å². The van der Waals surface area contributed by atoms with Crippen LogP contribution in [0.5, 0.6) is 5.75 Å². The molecule has 0 saturated carbocycles. The number of aliphatic hydroxyl groups is 1. The molecule has 0 amide bonds. The normalized spacial score (nSPS) is 21.4. The Balaban J connectivity index is 1.76. The van der Waals surface area contributed by atoms with E-state index in [2.05, 4.69) is 10.1 Å². The lowest BCUT2D eigenvalue weighted by Gasteiger charge is -2.24. The van der Waals surface area contributed by atoms with Crippen LogP contribution in [0.1, 0.15) is 35.7 Å². The van der Waals surface area contributed by atoms with Crippen LogP contribution in [-0.2, 0) is 6.42 Å². The number of hydrogen-bond donors (Lipinski definition) is 2. The molecule has 2 aromatic carbocycles. The Kier molecular flexibility index (Phi) is 4.51. The standard InChI is InChI=1S/C18H18F3NO2/c1-11(12-6-4-7-14(9-12)24-18(19,20)21)22-17-15-8-3-2-5-13(15)10-16(17)23/h2-9,11,16-17,22-23H,10H2,1H3. The van der Waals surface area contributed by atoms with Crippen molar-refractivity contribution in [2.45, 2.75) is 37.9 Å². The number of halogens is 3. The fourth-order valence-corrected chi connectivity index (χ4v) is 3.12. The van der Waals surface area contributed by atoms with Crippen molar-refractivity contribution in [2.75, 3.05) is 0 Å². The first-order valence-corrected chi connectivity index (χ1v) is 7.71. The molecule has 0 saturated heterocycles. The van der Waals surface area contributed by atoms with Gasteiger partial charge in [0.1, 0.15) is 5.75 Å². The molecule has 0 aromatic heterocycles. The molecule has 1 aliphatic rings. The maximum Gasteiger partial charge on any atom is 0.573 e. The summed E-state index contributed by atoms with van der Waals surface area (Å²) in [5, 5.41) is 13.6. The summed E-state index contributed by atoms with van der Waals surface area (Å²) >= 11 is 0. The van der Waals surface area contributed by atoms with E-state index >= 15 is 0 Å². The zero-order chi connectivity index (χ0) is 17.3. The van der Waals surface area contributed by atoms with E-state index in [9.17, 15) is 18.3 Å². The average molecular weight is 337 g/mol.